The summed E-state index contributed by atoms with van der Waals surface area (Å²) >= 11 is 7.86. The molecular formula is C22H22ClN5O3S. The van der Waals surface area contributed by atoms with Crippen LogP contribution in [-0.2, 0) is 18.8 Å². The zero-order chi connectivity index (χ0) is 22.5. The van der Waals surface area contributed by atoms with Crippen molar-refractivity contribution >= 4 is 23.4 Å². The first-order chi connectivity index (χ1) is 15.6. The summed E-state index contributed by atoms with van der Waals surface area (Å²) in [6, 6.07) is 13.2. The lowest BCUT2D eigenvalue weighted by atomic mass is 10.2. The third-order valence-electron chi connectivity index (χ3n) is 4.68. The third-order valence-corrected chi connectivity index (χ3v) is 6.02. The number of methoxy groups -OCH3 is 1. The summed E-state index contributed by atoms with van der Waals surface area (Å²) in [5, 5.41) is 14.1. The van der Waals surface area contributed by atoms with Crippen LogP contribution in [0.15, 0.2) is 52.1 Å². The van der Waals surface area contributed by atoms with E-state index in [0.717, 1.165) is 17.0 Å². The van der Waals surface area contributed by atoms with Crippen LogP contribution in [-0.4, -0.2) is 32.0 Å². The number of aryl methyl sites for hydroxylation is 2. The first-order valence-corrected chi connectivity index (χ1v) is 11.4. The Labute approximate surface area is 194 Å². The van der Waals surface area contributed by atoms with Crippen LogP contribution in [0.4, 0.5) is 0 Å². The van der Waals surface area contributed by atoms with Crippen molar-refractivity contribution in [2.45, 2.75) is 37.8 Å². The van der Waals surface area contributed by atoms with E-state index in [2.05, 4.69) is 20.3 Å². The summed E-state index contributed by atoms with van der Waals surface area (Å²) in [5.41, 5.74) is 1.84. The molecule has 0 unspecified atom stereocenters. The fourth-order valence-corrected chi connectivity index (χ4v) is 3.90. The van der Waals surface area contributed by atoms with Crippen LogP contribution >= 0.6 is 23.4 Å². The van der Waals surface area contributed by atoms with Crippen LogP contribution in [0.3, 0.4) is 0 Å². The van der Waals surface area contributed by atoms with Gasteiger partial charge in [0.05, 0.1) is 18.6 Å². The molecule has 0 fully saturated rings. The minimum Gasteiger partial charge on any atom is -0.497 e. The molecule has 2 aromatic carbocycles. The zero-order valence-electron chi connectivity index (χ0n) is 17.9. The van der Waals surface area contributed by atoms with Crippen LogP contribution in [0.1, 0.15) is 30.0 Å². The van der Waals surface area contributed by atoms with Crippen molar-refractivity contribution in [1.29, 1.82) is 0 Å². The highest BCUT2D eigenvalue weighted by Crippen LogP contribution is 2.28. The number of ether oxygens (including phenoxy) is 2. The highest BCUT2D eigenvalue weighted by Gasteiger charge is 2.17. The SMILES string of the molecule is CCc1nc(CSc2nnc(COc3ccc(OC)cc3)n2-c2ccc(C)c(Cl)c2)no1. The van der Waals surface area contributed by atoms with E-state index in [1.165, 1.54) is 11.8 Å². The van der Waals surface area contributed by atoms with E-state index in [1.54, 1.807) is 7.11 Å². The zero-order valence-corrected chi connectivity index (χ0v) is 19.5. The second kappa shape index (κ2) is 10.1. The highest BCUT2D eigenvalue weighted by molar-refractivity contribution is 7.98. The average Bonchev–Trinajstić information content (AvgIpc) is 3.45. The molecule has 0 atom stereocenters. The van der Waals surface area contributed by atoms with Gasteiger partial charge in [0.1, 0.15) is 18.1 Å². The maximum Gasteiger partial charge on any atom is 0.226 e. The summed E-state index contributed by atoms with van der Waals surface area (Å²) in [7, 11) is 1.63. The highest BCUT2D eigenvalue weighted by atomic mass is 35.5. The number of nitrogens with zero attached hydrogens (tertiary/aromatic N) is 5. The first kappa shape index (κ1) is 22.2. The smallest absolute Gasteiger partial charge is 0.226 e. The quantitative estimate of drug-likeness (QED) is 0.313. The lowest BCUT2D eigenvalue weighted by molar-refractivity contribution is 0.292. The van der Waals surface area contributed by atoms with Gasteiger partial charge >= 0.3 is 0 Å². The van der Waals surface area contributed by atoms with Gasteiger partial charge in [-0.1, -0.05) is 41.5 Å². The maximum atomic E-state index is 6.39. The van der Waals surface area contributed by atoms with Gasteiger partial charge in [0.25, 0.3) is 0 Å². The normalized spacial score (nSPS) is 11.0. The molecule has 0 N–H and O–H groups in total. The fourth-order valence-electron chi connectivity index (χ4n) is 2.91. The van der Waals surface area contributed by atoms with Gasteiger partial charge in [-0.2, -0.15) is 4.98 Å². The minimum absolute atomic E-state index is 0.230. The molecule has 32 heavy (non-hydrogen) atoms. The van der Waals surface area contributed by atoms with E-state index >= 15 is 0 Å². The molecule has 0 aliphatic carbocycles. The molecule has 0 saturated heterocycles. The standard InChI is InChI=1S/C22H22ClN5O3S/c1-4-21-24-19(27-31-21)13-32-22-26-25-20(12-30-17-9-7-16(29-3)8-10-17)28(22)15-6-5-14(2)18(23)11-15/h5-11H,4,12-13H2,1-3H3. The van der Waals surface area contributed by atoms with Crippen molar-refractivity contribution in [3.8, 4) is 17.2 Å². The number of halogens is 1. The number of aromatic nitrogens is 5. The molecule has 4 rings (SSSR count). The number of hydrogen-bond donors (Lipinski definition) is 0. The minimum atomic E-state index is 0.230. The Balaban J connectivity index is 1.59. The Kier molecular flexibility index (Phi) is 6.96. The molecule has 0 saturated carbocycles. The van der Waals surface area contributed by atoms with E-state index < -0.39 is 0 Å². The first-order valence-electron chi connectivity index (χ1n) is 9.99. The second-order valence-corrected chi connectivity index (χ2v) is 8.23. The van der Waals surface area contributed by atoms with Gasteiger partial charge < -0.3 is 14.0 Å². The molecule has 2 heterocycles. The Hall–Kier alpha value is -3.04. The van der Waals surface area contributed by atoms with Crippen LogP contribution in [0.2, 0.25) is 5.02 Å². The van der Waals surface area contributed by atoms with Crippen molar-refractivity contribution in [1.82, 2.24) is 24.9 Å². The van der Waals surface area contributed by atoms with Crippen molar-refractivity contribution in [3.05, 3.63) is 70.6 Å². The molecule has 10 heteroatoms. The largest absolute Gasteiger partial charge is 0.497 e. The predicted molar refractivity (Wildman–Crippen MR) is 122 cm³/mol. The van der Waals surface area contributed by atoms with Crippen LogP contribution < -0.4 is 9.47 Å². The van der Waals surface area contributed by atoms with Gasteiger partial charge in [0.15, 0.2) is 16.8 Å². The number of thioether (sulfide) groups is 1. The monoisotopic (exact) mass is 471 g/mol. The molecule has 0 aliphatic rings. The summed E-state index contributed by atoms with van der Waals surface area (Å²) in [5.74, 6) is 3.84. The Bertz CT molecular complexity index is 1190. The van der Waals surface area contributed by atoms with Gasteiger partial charge in [-0.15, -0.1) is 10.2 Å². The summed E-state index contributed by atoms with van der Waals surface area (Å²) in [4.78, 5) is 4.36. The molecular weight excluding hydrogens is 450 g/mol. The van der Waals surface area contributed by atoms with Gasteiger partial charge in [0, 0.05) is 11.4 Å². The molecule has 0 bridgehead atoms. The lowest BCUT2D eigenvalue weighted by Crippen LogP contribution is -2.07. The van der Waals surface area contributed by atoms with Gasteiger partial charge in [-0.05, 0) is 48.9 Å². The van der Waals surface area contributed by atoms with Crippen LogP contribution in [0, 0.1) is 6.92 Å². The van der Waals surface area contributed by atoms with Crippen molar-refractivity contribution in [3.63, 3.8) is 0 Å². The van der Waals surface area contributed by atoms with Gasteiger partial charge in [-0.3, -0.25) is 4.57 Å². The predicted octanol–water partition coefficient (Wildman–Crippen LogP) is 5.05. The fraction of sp³-hybridized carbons (Fsp3) is 0.273. The van der Waals surface area contributed by atoms with Crippen LogP contribution in [0.25, 0.3) is 5.69 Å². The molecule has 166 valence electrons. The summed E-state index contributed by atoms with van der Waals surface area (Å²) in [6.07, 6.45) is 0.697. The van der Waals surface area contributed by atoms with Gasteiger partial charge in [-0.25, -0.2) is 0 Å². The molecule has 2 aromatic heterocycles. The summed E-state index contributed by atoms with van der Waals surface area (Å²) in [6.45, 7) is 4.16. The molecule has 8 nitrogen and oxygen atoms in total. The van der Waals surface area contributed by atoms with E-state index in [9.17, 15) is 0 Å². The van der Waals surface area contributed by atoms with E-state index in [-0.39, 0.29) is 6.61 Å². The average molecular weight is 472 g/mol. The van der Waals surface area contributed by atoms with E-state index in [4.69, 9.17) is 25.6 Å². The Morgan fingerprint density at radius 2 is 1.88 bits per heavy atom. The third kappa shape index (κ3) is 5.05. The lowest BCUT2D eigenvalue weighted by Gasteiger charge is -2.12. The van der Waals surface area contributed by atoms with Gasteiger partial charge in [0.2, 0.25) is 5.89 Å². The summed E-state index contributed by atoms with van der Waals surface area (Å²) < 4.78 is 18.3. The number of rotatable bonds is 9. The topological polar surface area (TPSA) is 88.1 Å². The van der Waals surface area contributed by atoms with Crippen molar-refractivity contribution in [2.24, 2.45) is 0 Å². The number of benzene rings is 2. The second-order valence-electron chi connectivity index (χ2n) is 6.88. The maximum absolute atomic E-state index is 6.39. The Morgan fingerprint density at radius 3 is 2.56 bits per heavy atom. The number of hydrogen-bond acceptors (Lipinski definition) is 8. The van der Waals surface area contributed by atoms with Crippen molar-refractivity contribution in [2.75, 3.05) is 7.11 Å². The molecule has 4 aromatic rings. The molecule has 0 spiro atoms. The van der Waals surface area contributed by atoms with Crippen LogP contribution in [0.5, 0.6) is 11.5 Å². The van der Waals surface area contributed by atoms with E-state index in [1.807, 2.05) is 60.9 Å². The Morgan fingerprint density at radius 1 is 1.09 bits per heavy atom. The van der Waals surface area contributed by atoms with E-state index in [0.29, 0.717) is 45.6 Å². The molecule has 0 aliphatic heterocycles. The molecule has 0 amide bonds. The van der Waals surface area contributed by atoms with Crippen molar-refractivity contribution < 1.29 is 14.0 Å². The molecule has 0 radical (unpaired) electrons.